The topological polar surface area (TPSA) is 91.8 Å². The molecule has 7 heteroatoms. The van der Waals surface area contributed by atoms with Gasteiger partial charge >= 0.3 is 5.97 Å². The van der Waals surface area contributed by atoms with Gasteiger partial charge in [0.05, 0.1) is 12.7 Å². The molecular weight excluding hydrogens is 377 g/mol. The van der Waals surface area contributed by atoms with Gasteiger partial charge in [-0.1, -0.05) is 30.3 Å². The minimum Gasteiger partial charge on any atom is -0.488 e. The fourth-order valence-electron chi connectivity index (χ4n) is 2.79. The Hall–Kier alpha value is -3.61. The Morgan fingerprint density at radius 3 is 2.55 bits per heavy atom. The summed E-state index contributed by atoms with van der Waals surface area (Å²) < 4.78 is 29.6. The minimum atomic E-state index is -0.629. The molecule has 150 valence electrons. The van der Waals surface area contributed by atoms with Crippen molar-refractivity contribution < 1.29 is 27.9 Å². The summed E-state index contributed by atoms with van der Waals surface area (Å²) in [7, 11) is 0. The third-order valence-corrected chi connectivity index (χ3v) is 4.25. The number of carbonyl (C=O) groups excluding carboxylic acids is 2. The summed E-state index contributed by atoms with van der Waals surface area (Å²) in [6.45, 7) is 1.95. The Balaban J connectivity index is 1.70. The molecule has 1 aromatic heterocycles. The Labute approximate surface area is 167 Å². The smallest absolute Gasteiger partial charge is 0.342 e. The van der Waals surface area contributed by atoms with E-state index in [-0.39, 0.29) is 30.2 Å². The van der Waals surface area contributed by atoms with Crippen LogP contribution in [0.15, 0.2) is 65.3 Å². The molecule has 1 heterocycles. The van der Waals surface area contributed by atoms with Gasteiger partial charge in [0, 0.05) is 5.56 Å². The lowest BCUT2D eigenvalue weighted by Gasteiger charge is -2.17. The average molecular weight is 397 g/mol. The van der Waals surface area contributed by atoms with Gasteiger partial charge in [-0.15, -0.1) is 0 Å². The molecule has 29 heavy (non-hydrogen) atoms. The number of para-hydroxylation sites is 1. The number of esters is 1. The highest BCUT2D eigenvalue weighted by molar-refractivity contribution is 5.92. The quantitative estimate of drug-likeness (QED) is 0.581. The summed E-state index contributed by atoms with van der Waals surface area (Å²) in [6.07, 6.45) is 0.492. The molecule has 3 aromatic rings. The Bertz CT molecular complexity index is 996. The van der Waals surface area contributed by atoms with E-state index in [0.29, 0.717) is 11.3 Å². The van der Waals surface area contributed by atoms with Gasteiger partial charge in [-0.05, 0) is 36.8 Å². The van der Waals surface area contributed by atoms with Crippen molar-refractivity contribution in [1.29, 1.82) is 0 Å². The van der Waals surface area contributed by atoms with E-state index in [1.54, 1.807) is 43.3 Å². The van der Waals surface area contributed by atoms with E-state index < -0.39 is 18.0 Å². The van der Waals surface area contributed by atoms with Crippen molar-refractivity contribution in [2.45, 2.75) is 26.1 Å². The normalized spacial score (nSPS) is 11.7. The van der Waals surface area contributed by atoms with Crippen molar-refractivity contribution in [3.63, 3.8) is 0 Å². The number of primary amides is 1. The molecule has 2 N–H and O–H groups in total. The van der Waals surface area contributed by atoms with Crippen LogP contribution in [0, 0.1) is 5.82 Å². The Morgan fingerprint density at radius 1 is 1.10 bits per heavy atom. The Kier molecular flexibility index (Phi) is 6.29. The lowest BCUT2D eigenvalue weighted by Crippen LogP contribution is -2.16. The summed E-state index contributed by atoms with van der Waals surface area (Å²) in [6, 6.07) is 14.6. The van der Waals surface area contributed by atoms with Gasteiger partial charge in [0.25, 0.3) is 0 Å². The zero-order chi connectivity index (χ0) is 20.8. The van der Waals surface area contributed by atoms with Crippen LogP contribution in [-0.2, 0) is 22.6 Å². The minimum absolute atomic E-state index is 0.153. The number of rotatable bonds is 8. The number of carbonyl (C=O) groups is 2. The van der Waals surface area contributed by atoms with Crippen LogP contribution in [0.2, 0.25) is 0 Å². The molecule has 2 aromatic carbocycles. The lowest BCUT2D eigenvalue weighted by molar-refractivity contribution is -0.117. The third kappa shape index (κ3) is 5.22. The fourth-order valence-corrected chi connectivity index (χ4v) is 2.79. The monoisotopic (exact) mass is 397 g/mol. The van der Waals surface area contributed by atoms with Crippen LogP contribution in [-0.4, -0.2) is 11.9 Å². The predicted octanol–water partition coefficient (Wildman–Crippen LogP) is 3.94. The SMILES string of the molecule is CC(OC(=O)c1ccoc1CC(N)=O)c1ccccc1OCc1ccc(F)cc1. The molecule has 1 atom stereocenters. The second-order valence-corrected chi connectivity index (χ2v) is 6.40. The first-order chi connectivity index (χ1) is 13.9. The Morgan fingerprint density at radius 2 is 1.83 bits per heavy atom. The second-order valence-electron chi connectivity index (χ2n) is 6.40. The van der Waals surface area contributed by atoms with Crippen molar-refractivity contribution in [1.82, 2.24) is 0 Å². The third-order valence-electron chi connectivity index (χ3n) is 4.25. The number of nitrogens with two attached hydrogens (primary N) is 1. The zero-order valence-corrected chi connectivity index (χ0v) is 15.8. The van der Waals surface area contributed by atoms with Gasteiger partial charge in [0.15, 0.2) is 0 Å². The molecule has 1 amide bonds. The van der Waals surface area contributed by atoms with Crippen molar-refractivity contribution in [3.05, 3.63) is 89.1 Å². The predicted molar refractivity (Wildman–Crippen MR) is 103 cm³/mol. The lowest BCUT2D eigenvalue weighted by atomic mass is 10.1. The highest BCUT2D eigenvalue weighted by atomic mass is 19.1. The van der Waals surface area contributed by atoms with E-state index in [0.717, 1.165) is 5.56 Å². The summed E-state index contributed by atoms with van der Waals surface area (Å²) in [5.41, 5.74) is 6.79. The molecular formula is C22H20FNO5. The van der Waals surface area contributed by atoms with Crippen molar-refractivity contribution in [2.24, 2.45) is 5.73 Å². The first-order valence-corrected chi connectivity index (χ1v) is 8.96. The molecule has 0 fully saturated rings. The summed E-state index contributed by atoms with van der Waals surface area (Å²) in [5, 5.41) is 0. The maximum Gasteiger partial charge on any atom is 0.342 e. The first-order valence-electron chi connectivity index (χ1n) is 8.96. The van der Waals surface area contributed by atoms with Gasteiger partial charge in [0.2, 0.25) is 5.91 Å². The molecule has 6 nitrogen and oxygen atoms in total. The molecule has 0 bridgehead atoms. The maximum absolute atomic E-state index is 13.0. The first kappa shape index (κ1) is 20.1. The van der Waals surface area contributed by atoms with E-state index in [1.165, 1.54) is 24.5 Å². The fraction of sp³-hybridized carbons (Fsp3) is 0.182. The van der Waals surface area contributed by atoms with Crippen LogP contribution in [0.5, 0.6) is 5.75 Å². The summed E-state index contributed by atoms with van der Waals surface area (Å²) in [4.78, 5) is 23.6. The molecule has 1 unspecified atom stereocenters. The van der Waals surface area contributed by atoms with E-state index in [9.17, 15) is 14.0 Å². The largest absolute Gasteiger partial charge is 0.488 e. The molecule has 0 aliphatic heterocycles. The van der Waals surface area contributed by atoms with Crippen LogP contribution in [0.3, 0.4) is 0 Å². The van der Waals surface area contributed by atoms with Gasteiger partial charge in [-0.25, -0.2) is 9.18 Å². The van der Waals surface area contributed by atoms with Crippen LogP contribution >= 0.6 is 0 Å². The van der Waals surface area contributed by atoms with Gasteiger partial charge in [-0.3, -0.25) is 4.79 Å². The number of benzene rings is 2. The van der Waals surface area contributed by atoms with Crippen LogP contribution in [0.25, 0.3) is 0 Å². The van der Waals surface area contributed by atoms with E-state index in [1.807, 2.05) is 0 Å². The molecule has 0 saturated heterocycles. The zero-order valence-electron chi connectivity index (χ0n) is 15.8. The van der Waals surface area contributed by atoms with Gasteiger partial charge in [0.1, 0.15) is 35.6 Å². The highest BCUT2D eigenvalue weighted by Crippen LogP contribution is 2.29. The molecule has 0 radical (unpaired) electrons. The molecule has 0 aliphatic carbocycles. The van der Waals surface area contributed by atoms with Crippen LogP contribution in [0.1, 0.15) is 40.3 Å². The second kappa shape index (κ2) is 9.05. The maximum atomic E-state index is 13.0. The molecule has 0 spiro atoms. The number of amides is 1. The van der Waals surface area contributed by atoms with Crippen LogP contribution < -0.4 is 10.5 Å². The van der Waals surface area contributed by atoms with E-state index in [4.69, 9.17) is 19.6 Å². The van der Waals surface area contributed by atoms with E-state index in [2.05, 4.69) is 0 Å². The van der Waals surface area contributed by atoms with Crippen molar-refractivity contribution in [3.8, 4) is 5.75 Å². The number of hydrogen-bond acceptors (Lipinski definition) is 5. The number of halogens is 1. The van der Waals surface area contributed by atoms with E-state index >= 15 is 0 Å². The molecule has 0 saturated carbocycles. The number of hydrogen-bond donors (Lipinski definition) is 1. The van der Waals surface area contributed by atoms with Gasteiger partial charge < -0.3 is 19.6 Å². The highest BCUT2D eigenvalue weighted by Gasteiger charge is 2.22. The van der Waals surface area contributed by atoms with Crippen molar-refractivity contribution in [2.75, 3.05) is 0 Å². The van der Waals surface area contributed by atoms with Gasteiger partial charge in [-0.2, -0.15) is 0 Å². The summed E-state index contributed by atoms with van der Waals surface area (Å²) >= 11 is 0. The molecule has 0 aliphatic rings. The van der Waals surface area contributed by atoms with Crippen LogP contribution in [0.4, 0.5) is 4.39 Å². The molecule has 3 rings (SSSR count). The standard InChI is InChI=1S/C22H20FNO5/c1-14(29-22(26)18-10-11-27-20(18)12-21(24)25)17-4-2-3-5-19(17)28-13-15-6-8-16(23)9-7-15/h2-11,14H,12-13H2,1H3,(H2,24,25). The number of furan rings is 1. The average Bonchev–Trinajstić information content (AvgIpc) is 3.15. The summed E-state index contributed by atoms with van der Waals surface area (Å²) in [5.74, 6) is -0.848. The number of ether oxygens (including phenoxy) is 2. The van der Waals surface area contributed by atoms with Crippen molar-refractivity contribution >= 4 is 11.9 Å².